The number of nitrogens with zero attached hydrogens (tertiary/aromatic N) is 1. The van der Waals surface area contributed by atoms with Crippen LogP contribution in [0, 0.1) is 13.8 Å². The van der Waals surface area contributed by atoms with Gasteiger partial charge in [0.25, 0.3) is 5.91 Å². The number of aryl methyl sites for hydroxylation is 2. The van der Waals surface area contributed by atoms with E-state index in [0.717, 1.165) is 5.56 Å². The van der Waals surface area contributed by atoms with Crippen LogP contribution >= 0.6 is 11.6 Å². The molecule has 0 spiro atoms. The van der Waals surface area contributed by atoms with Gasteiger partial charge >= 0.3 is 0 Å². The number of hydrogen-bond donors (Lipinski definition) is 1. The molecule has 0 aliphatic rings. The van der Waals surface area contributed by atoms with Gasteiger partial charge in [-0.3, -0.25) is 4.79 Å². The van der Waals surface area contributed by atoms with Gasteiger partial charge in [-0.05, 0) is 44.5 Å². The van der Waals surface area contributed by atoms with Crippen molar-refractivity contribution in [2.45, 2.75) is 20.8 Å². The van der Waals surface area contributed by atoms with E-state index in [9.17, 15) is 4.79 Å². The van der Waals surface area contributed by atoms with Crippen LogP contribution in [0.3, 0.4) is 0 Å². The molecule has 0 aliphatic heterocycles. The fourth-order valence-electron chi connectivity index (χ4n) is 1.83. The molecule has 5 heteroatoms. The van der Waals surface area contributed by atoms with Crippen LogP contribution in [0.4, 0.5) is 0 Å². The Balaban J connectivity index is 2.13. The Morgan fingerprint density at radius 2 is 2.05 bits per heavy atom. The van der Waals surface area contributed by atoms with E-state index in [1.54, 1.807) is 39.0 Å². The van der Waals surface area contributed by atoms with Crippen molar-refractivity contribution in [2.75, 3.05) is 0 Å². The van der Waals surface area contributed by atoms with E-state index in [2.05, 4.69) is 10.5 Å². The van der Waals surface area contributed by atoms with E-state index in [0.29, 0.717) is 27.8 Å². The molecule has 0 saturated heterocycles. The molecule has 0 unspecified atom stereocenters. The molecule has 0 fully saturated rings. The Kier molecular flexibility index (Phi) is 4.25. The summed E-state index contributed by atoms with van der Waals surface area (Å²) in [6.07, 6.45) is 0. The smallest absolute Gasteiger partial charge is 0.274 e. The van der Waals surface area contributed by atoms with Gasteiger partial charge in [-0.25, -0.2) is 5.43 Å². The number of amides is 1. The number of benzene rings is 1. The first-order valence-electron chi connectivity index (χ1n) is 6.15. The zero-order chi connectivity index (χ0) is 14.7. The third-order valence-electron chi connectivity index (χ3n) is 2.85. The number of rotatable bonds is 3. The second-order valence-electron chi connectivity index (χ2n) is 4.48. The largest absolute Gasteiger partial charge is 0.466 e. The summed E-state index contributed by atoms with van der Waals surface area (Å²) in [6, 6.07) is 8.98. The molecule has 104 valence electrons. The summed E-state index contributed by atoms with van der Waals surface area (Å²) < 4.78 is 5.32. The summed E-state index contributed by atoms with van der Waals surface area (Å²) in [5.41, 5.74) is 4.55. The number of hydrogen-bond acceptors (Lipinski definition) is 3. The Bertz CT molecular complexity index is 674. The fraction of sp³-hybridized carbons (Fsp3) is 0.200. The monoisotopic (exact) mass is 290 g/mol. The average Bonchev–Trinajstić information content (AvgIpc) is 2.74. The van der Waals surface area contributed by atoms with Crippen molar-refractivity contribution in [3.8, 4) is 0 Å². The third-order valence-corrected chi connectivity index (χ3v) is 3.09. The molecule has 0 bridgehead atoms. The minimum absolute atomic E-state index is 0.291. The molecular formula is C15H15ClN2O2. The highest BCUT2D eigenvalue weighted by Gasteiger charge is 2.12. The van der Waals surface area contributed by atoms with Gasteiger partial charge in [0.1, 0.15) is 11.5 Å². The molecule has 20 heavy (non-hydrogen) atoms. The second-order valence-corrected chi connectivity index (χ2v) is 4.91. The quantitative estimate of drug-likeness (QED) is 0.692. The summed E-state index contributed by atoms with van der Waals surface area (Å²) in [5.74, 6) is 0.986. The van der Waals surface area contributed by atoms with Gasteiger partial charge in [0.05, 0.1) is 11.3 Å². The lowest BCUT2D eigenvalue weighted by molar-refractivity contribution is 0.0953. The van der Waals surface area contributed by atoms with E-state index in [4.69, 9.17) is 16.0 Å². The molecule has 2 rings (SSSR count). The number of hydrazone groups is 1. The van der Waals surface area contributed by atoms with Crippen LogP contribution in [0.15, 0.2) is 39.9 Å². The topological polar surface area (TPSA) is 54.6 Å². The van der Waals surface area contributed by atoms with E-state index < -0.39 is 0 Å². The molecule has 1 aromatic carbocycles. The summed E-state index contributed by atoms with van der Waals surface area (Å²) in [7, 11) is 0. The number of carbonyl (C=O) groups excluding carboxylic acids is 1. The molecule has 2 aromatic rings. The van der Waals surface area contributed by atoms with Crippen LogP contribution in [0.1, 0.15) is 34.4 Å². The standard InChI is InChI=1S/C15H15ClN2O2/c1-9-7-14(11(3)20-9)15(19)18-17-10(2)12-5-4-6-13(16)8-12/h4-8H,1-3H3,(H,18,19). The maximum atomic E-state index is 12.0. The van der Waals surface area contributed by atoms with E-state index in [1.165, 1.54) is 0 Å². The first-order chi connectivity index (χ1) is 9.47. The van der Waals surface area contributed by atoms with Crippen molar-refractivity contribution in [3.63, 3.8) is 0 Å². The minimum Gasteiger partial charge on any atom is -0.466 e. The zero-order valence-corrected chi connectivity index (χ0v) is 12.3. The lowest BCUT2D eigenvalue weighted by Crippen LogP contribution is -2.19. The fourth-order valence-corrected chi connectivity index (χ4v) is 2.02. The number of carbonyl (C=O) groups is 1. The lowest BCUT2D eigenvalue weighted by Gasteiger charge is -2.02. The van der Waals surface area contributed by atoms with Crippen LogP contribution in [0.5, 0.6) is 0 Å². The maximum absolute atomic E-state index is 12.0. The van der Waals surface area contributed by atoms with Crippen molar-refractivity contribution < 1.29 is 9.21 Å². The van der Waals surface area contributed by atoms with Crippen molar-refractivity contribution >= 4 is 23.2 Å². The van der Waals surface area contributed by atoms with Crippen molar-refractivity contribution in [1.29, 1.82) is 0 Å². The van der Waals surface area contributed by atoms with E-state index >= 15 is 0 Å². The van der Waals surface area contributed by atoms with E-state index in [1.807, 2.05) is 12.1 Å². The average molecular weight is 291 g/mol. The van der Waals surface area contributed by atoms with Gasteiger partial charge in [-0.2, -0.15) is 5.10 Å². The summed E-state index contributed by atoms with van der Waals surface area (Å²) in [5, 5.41) is 4.71. The zero-order valence-electron chi connectivity index (χ0n) is 11.5. The number of nitrogens with one attached hydrogen (secondary N) is 1. The van der Waals surface area contributed by atoms with Crippen LogP contribution in [-0.2, 0) is 0 Å². The molecule has 1 amide bonds. The summed E-state index contributed by atoms with van der Waals surface area (Å²) in [6.45, 7) is 5.35. The highest BCUT2D eigenvalue weighted by atomic mass is 35.5. The van der Waals surface area contributed by atoms with Crippen LogP contribution in [-0.4, -0.2) is 11.6 Å². The molecule has 0 aliphatic carbocycles. The third kappa shape index (κ3) is 3.27. The molecule has 4 nitrogen and oxygen atoms in total. The first-order valence-corrected chi connectivity index (χ1v) is 6.53. The SMILES string of the molecule is CC(=NNC(=O)c1cc(C)oc1C)c1cccc(Cl)c1. The lowest BCUT2D eigenvalue weighted by atomic mass is 10.1. The van der Waals surface area contributed by atoms with E-state index in [-0.39, 0.29) is 5.91 Å². The van der Waals surface area contributed by atoms with Gasteiger partial charge in [0, 0.05) is 5.02 Å². The molecule has 1 N–H and O–H groups in total. The second kappa shape index (κ2) is 5.92. The van der Waals surface area contributed by atoms with Crippen LogP contribution < -0.4 is 5.43 Å². The van der Waals surface area contributed by atoms with Crippen molar-refractivity contribution in [1.82, 2.24) is 5.43 Å². The minimum atomic E-state index is -0.291. The van der Waals surface area contributed by atoms with Gasteiger partial charge < -0.3 is 4.42 Å². The highest BCUT2D eigenvalue weighted by molar-refractivity contribution is 6.31. The molecular weight excluding hydrogens is 276 g/mol. The molecule has 0 atom stereocenters. The van der Waals surface area contributed by atoms with Crippen LogP contribution in [0.2, 0.25) is 5.02 Å². The van der Waals surface area contributed by atoms with Gasteiger partial charge in [-0.15, -0.1) is 0 Å². The van der Waals surface area contributed by atoms with Gasteiger partial charge in [0.15, 0.2) is 0 Å². The first kappa shape index (κ1) is 14.3. The Labute approximate surface area is 122 Å². The predicted octanol–water partition coefficient (Wildman–Crippen LogP) is 3.70. The molecule has 0 radical (unpaired) electrons. The Morgan fingerprint density at radius 1 is 1.30 bits per heavy atom. The van der Waals surface area contributed by atoms with Gasteiger partial charge in [0.2, 0.25) is 0 Å². The summed E-state index contributed by atoms with van der Waals surface area (Å²) in [4.78, 5) is 12.0. The van der Waals surface area contributed by atoms with Crippen molar-refractivity contribution in [3.05, 3.63) is 58.0 Å². The van der Waals surface area contributed by atoms with Crippen molar-refractivity contribution in [2.24, 2.45) is 5.10 Å². The highest BCUT2D eigenvalue weighted by Crippen LogP contribution is 2.14. The normalized spacial score (nSPS) is 11.5. The number of furan rings is 1. The van der Waals surface area contributed by atoms with Gasteiger partial charge in [-0.1, -0.05) is 23.7 Å². The summed E-state index contributed by atoms with van der Waals surface area (Å²) >= 11 is 5.92. The Hall–Kier alpha value is -2.07. The molecule has 0 saturated carbocycles. The Morgan fingerprint density at radius 3 is 2.65 bits per heavy atom. The predicted molar refractivity (Wildman–Crippen MR) is 79.3 cm³/mol. The molecule has 1 heterocycles. The maximum Gasteiger partial charge on any atom is 0.274 e. The van der Waals surface area contributed by atoms with Crippen LogP contribution in [0.25, 0.3) is 0 Å². The number of halogens is 1. The molecule has 1 aromatic heterocycles.